The Morgan fingerprint density at radius 3 is 2.95 bits per heavy atom. The van der Waals surface area contributed by atoms with E-state index in [1.165, 1.54) is 11.5 Å². The molecular weight excluding hydrogens is 264 g/mol. The van der Waals surface area contributed by atoms with Crippen molar-refractivity contribution in [3.05, 3.63) is 17.5 Å². The molecule has 0 unspecified atom stereocenters. The molecule has 1 saturated heterocycles. The number of hydrogen-bond acceptors (Lipinski definition) is 7. The van der Waals surface area contributed by atoms with Crippen molar-refractivity contribution in [2.45, 2.75) is 19.3 Å². The molecule has 2 aromatic heterocycles. The van der Waals surface area contributed by atoms with Gasteiger partial charge in [-0.1, -0.05) is 0 Å². The number of nitrogens with one attached hydrogen (secondary N) is 1. The molecule has 0 atom stereocenters. The summed E-state index contributed by atoms with van der Waals surface area (Å²) in [7, 11) is 1.69. The quantitative estimate of drug-likeness (QED) is 0.871. The van der Waals surface area contributed by atoms with E-state index in [0.717, 1.165) is 42.1 Å². The molecule has 0 bridgehead atoms. The number of ether oxygens (including phenoxy) is 1. The first-order valence-electron chi connectivity index (χ1n) is 6.21. The molecule has 1 aliphatic heterocycles. The summed E-state index contributed by atoms with van der Waals surface area (Å²) >= 11 is 1.45. The summed E-state index contributed by atoms with van der Waals surface area (Å²) in [5.74, 6) is 3.03. The van der Waals surface area contributed by atoms with Crippen molar-refractivity contribution >= 4 is 16.7 Å². The van der Waals surface area contributed by atoms with Gasteiger partial charge in [0, 0.05) is 38.2 Å². The highest BCUT2D eigenvalue weighted by Gasteiger charge is 2.33. The van der Waals surface area contributed by atoms with E-state index in [9.17, 15) is 0 Å². The molecule has 2 aromatic rings. The third-order valence-corrected chi connectivity index (χ3v) is 3.93. The largest absolute Gasteiger partial charge is 0.384 e. The fourth-order valence-electron chi connectivity index (χ4n) is 2.01. The minimum absolute atomic E-state index is 0.399. The van der Waals surface area contributed by atoms with Gasteiger partial charge in [-0.15, -0.1) is 0 Å². The van der Waals surface area contributed by atoms with E-state index in [-0.39, 0.29) is 0 Å². The third-order valence-electron chi connectivity index (χ3n) is 3.12. The van der Waals surface area contributed by atoms with Gasteiger partial charge in [0.1, 0.15) is 11.6 Å². The van der Waals surface area contributed by atoms with Gasteiger partial charge in [0.05, 0.1) is 12.5 Å². The zero-order chi connectivity index (χ0) is 13.2. The third kappa shape index (κ3) is 2.59. The molecule has 1 fully saturated rings. The van der Waals surface area contributed by atoms with E-state index in [2.05, 4.69) is 29.4 Å². The second kappa shape index (κ2) is 5.22. The molecular formula is C11H16N6OS. The lowest BCUT2D eigenvalue weighted by Gasteiger charge is -2.37. The molecule has 8 heteroatoms. The Bertz CT molecular complexity index is 547. The minimum Gasteiger partial charge on any atom is -0.384 e. The molecule has 19 heavy (non-hydrogen) atoms. The Morgan fingerprint density at radius 1 is 1.42 bits per heavy atom. The lowest BCUT2D eigenvalue weighted by molar-refractivity contribution is 0.201. The first kappa shape index (κ1) is 12.5. The maximum Gasteiger partial charge on any atom is 0.205 e. The maximum atomic E-state index is 5.02. The fourth-order valence-corrected chi connectivity index (χ4v) is 2.74. The zero-order valence-corrected chi connectivity index (χ0v) is 11.8. The molecule has 0 radical (unpaired) electrons. The highest BCUT2D eigenvalue weighted by atomic mass is 32.1. The van der Waals surface area contributed by atoms with Crippen molar-refractivity contribution in [1.82, 2.24) is 24.5 Å². The van der Waals surface area contributed by atoms with Gasteiger partial charge in [-0.25, -0.2) is 9.97 Å². The highest BCUT2D eigenvalue weighted by molar-refractivity contribution is 7.09. The lowest BCUT2D eigenvalue weighted by Crippen LogP contribution is -2.45. The summed E-state index contributed by atoms with van der Waals surface area (Å²) in [5, 5.41) is 8.06. The van der Waals surface area contributed by atoms with E-state index in [0.29, 0.717) is 12.5 Å². The Balaban J connectivity index is 1.56. The van der Waals surface area contributed by atoms with Gasteiger partial charge < -0.3 is 9.64 Å². The summed E-state index contributed by atoms with van der Waals surface area (Å²) in [6.07, 6.45) is 0.768. The van der Waals surface area contributed by atoms with Gasteiger partial charge in [0.2, 0.25) is 5.13 Å². The van der Waals surface area contributed by atoms with Crippen molar-refractivity contribution < 1.29 is 4.74 Å². The number of aryl methyl sites for hydroxylation is 1. The number of hydrogen-bond donors (Lipinski definition) is 1. The molecule has 0 aliphatic carbocycles. The first-order valence-corrected chi connectivity index (χ1v) is 6.99. The van der Waals surface area contributed by atoms with Crippen molar-refractivity contribution in [1.29, 1.82) is 0 Å². The van der Waals surface area contributed by atoms with Crippen LogP contribution >= 0.6 is 11.5 Å². The van der Waals surface area contributed by atoms with Crippen LogP contribution in [0.5, 0.6) is 0 Å². The van der Waals surface area contributed by atoms with Crippen LogP contribution in [0, 0.1) is 6.92 Å². The van der Waals surface area contributed by atoms with Crippen molar-refractivity contribution in [3.8, 4) is 0 Å². The Morgan fingerprint density at radius 2 is 2.26 bits per heavy atom. The predicted octanol–water partition coefficient (Wildman–Crippen LogP) is 0.757. The van der Waals surface area contributed by atoms with Crippen LogP contribution in [0.15, 0.2) is 0 Å². The smallest absolute Gasteiger partial charge is 0.205 e. The molecule has 0 aromatic carbocycles. The minimum atomic E-state index is 0.399. The average Bonchev–Trinajstić information content (AvgIpc) is 2.95. The second-order valence-corrected chi connectivity index (χ2v) is 5.35. The van der Waals surface area contributed by atoms with Crippen LogP contribution in [0.2, 0.25) is 0 Å². The molecule has 102 valence electrons. The van der Waals surface area contributed by atoms with E-state index in [1.807, 2.05) is 6.92 Å². The molecule has 1 aliphatic rings. The van der Waals surface area contributed by atoms with E-state index in [4.69, 9.17) is 4.74 Å². The van der Waals surface area contributed by atoms with Crippen LogP contribution in [-0.4, -0.2) is 51.3 Å². The zero-order valence-electron chi connectivity index (χ0n) is 11.0. The number of aromatic amines is 1. The van der Waals surface area contributed by atoms with Crippen LogP contribution < -0.4 is 4.90 Å². The maximum absolute atomic E-state index is 5.02. The van der Waals surface area contributed by atoms with Gasteiger partial charge in [-0.05, 0) is 6.92 Å². The number of anilines is 1. The highest BCUT2D eigenvalue weighted by Crippen LogP contribution is 2.30. The molecule has 3 heterocycles. The van der Waals surface area contributed by atoms with E-state index < -0.39 is 0 Å². The molecule has 0 amide bonds. The summed E-state index contributed by atoms with van der Waals surface area (Å²) in [5.41, 5.74) is 0. The Hall–Kier alpha value is -1.54. The molecule has 0 spiro atoms. The number of aromatic nitrogens is 5. The van der Waals surface area contributed by atoms with Crippen molar-refractivity contribution in [2.24, 2.45) is 0 Å². The Labute approximate surface area is 115 Å². The fraction of sp³-hybridized carbons (Fsp3) is 0.636. The number of methoxy groups -OCH3 is 1. The van der Waals surface area contributed by atoms with Gasteiger partial charge >= 0.3 is 0 Å². The molecule has 7 nitrogen and oxygen atoms in total. The second-order valence-electron chi connectivity index (χ2n) is 4.62. The molecule has 1 N–H and O–H groups in total. The van der Waals surface area contributed by atoms with E-state index >= 15 is 0 Å². The van der Waals surface area contributed by atoms with Crippen LogP contribution in [0.25, 0.3) is 0 Å². The number of H-pyrrole nitrogens is 1. The summed E-state index contributed by atoms with van der Waals surface area (Å²) in [6.45, 7) is 4.40. The standard InChI is InChI=1S/C11H16N6OS/c1-7-12-10(15-14-7)8-5-17(6-8)11-13-9(16-19-11)3-4-18-2/h8H,3-6H2,1-2H3,(H,12,14,15). The van der Waals surface area contributed by atoms with Crippen molar-refractivity contribution in [2.75, 3.05) is 31.7 Å². The normalized spacial score (nSPS) is 15.8. The van der Waals surface area contributed by atoms with Crippen LogP contribution in [0.4, 0.5) is 5.13 Å². The number of rotatable bonds is 5. The summed E-state index contributed by atoms with van der Waals surface area (Å²) in [4.78, 5) is 11.1. The predicted molar refractivity (Wildman–Crippen MR) is 71.6 cm³/mol. The monoisotopic (exact) mass is 280 g/mol. The van der Waals surface area contributed by atoms with E-state index in [1.54, 1.807) is 7.11 Å². The number of nitrogens with zero attached hydrogens (tertiary/aromatic N) is 5. The summed E-state index contributed by atoms with van der Waals surface area (Å²) in [6, 6.07) is 0. The summed E-state index contributed by atoms with van der Waals surface area (Å²) < 4.78 is 9.35. The van der Waals surface area contributed by atoms with Crippen molar-refractivity contribution in [3.63, 3.8) is 0 Å². The Kier molecular flexibility index (Phi) is 3.43. The van der Waals surface area contributed by atoms with Crippen LogP contribution in [0.1, 0.15) is 23.4 Å². The molecule has 3 rings (SSSR count). The van der Waals surface area contributed by atoms with Crippen LogP contribution in [0.3, 0.4) is 0 Å². The topological polar surface area (TPSA) is 79.8 Å². The van der Waals surface area contributed by atoms with Gasteiger partial charge in [-0.3, -0.25) is 5.10 Å². The lowest BCUT2D eigenvalue weighted by atomic mass is 10.0. The van der Waals surface area contributed by atoms with Gasteiger partial charge in [0.15, 0.2) is 5.82 Å². The van der Waals surface area contributed by atoms with Crippen LogP contribution in [-0.2, 0) is 11.2 Å². The molecule has 0 saturated carbocycles. The SMILES string of the molecule is COCCc1nsc(N2CC(c3n[nH]c(C)n3)C2)n1. The van der Waals surface area contributed by atoms with Gasteiger partial charge in [0.25, 0.3) is 0 Å². The average molecular weight is 280 g/mol. The van der Waals surface area contributed by atoms with Gasteiger partial charge in [-0.2, -0.15) is 9.47 Å². The first-order chi connectivity index (χ1) is 9.26.